The lowest BCUT2D eigenvalue weighted by atomic mass is 10.3. The Kier molecular flexibility index (Phi) is 4.10. The number of fused-ring (bicyclic) bond motifs is 1. The summed E-state index contributed by atoms with van der Waals surface area (Å²) in [6.07, 6.45) is 1.49. The molecule has 1 aliphatic rings. The molecule has 0 spiro atoms. The van der Waals surface area contributed by atoms with Crippen LogP contribution in [0.2, 0.25) is 0 Å². The number of carbonyl (C=O) groups excluding carboxylic acids is 1. The number of piperazine rings is 1. The van der Waals surface area contributed by atoms with Crippen molar-refractivity contribution in [2.24, 2.45) is 0 Å². The third-order valence-corrected chi connectivity index (χ3v) is 4.42. The highest BCUT2D eigenvalue weighted by Crippen LogP contribution is 2.19. The molecule has 3 aromatic rings. The number of amides is 1. The molecule has 0 saturated carbocycles. The molecule has 8 heteroatoms. The van der Waals surface area contributed by atoms with Gasteiger partial charge in [-0.1, -0.05) is 5.16 Å². The highest BCUT2D eigenvalue weighted by molar-refractivity contribution is 5.91. The van der Waals surface area contributed by atoms with Gasteiger partial charge in [-0.2, -0.15) is 0 Å². The topological polar surface area (TPSA) is 87.5 Å². The smallest absolute Gasteiger partial charge is 0.292 e. The monoisotopic (exact) mass is 341 g/mol. The molecule has 1 aromatic carbocycles. The number of rotatable bonds is 4. The summed E-state index contributed by atoms with van der Waals surface area (Å²) < 4.78 is 10.2. The van der Waals surface area contributed by atoms with Crippen LogP contribution in [0, 0.1) is 0 Å². The first kappa shape index (κ1) is 15.6. The molecule has 2 aromatic heterocycles. The van der Waals surface area contributed by atoms with Crippen molar-refractivity contribution in [3.63, 3.8) is 0 Å². The number of H-pyrrole nitrogens is 1. The Morgan fingerprint density at radius 3 is 2.84 bits per heavy atom. The van der Waals surface area contributed by atoms with E-state index in [1.54, 1.807) is 18.1 Å². The van der Waals surface area contributed by atoms with Gasteiger partial charge in [0.1, 0.15) is 11.6 Å². The van der Waals surface area contributed by atoms with Gasteiger partial charge in [-0.05, 0) is 12.1 Å². The molecule has 1 fully saturated rings. The largest absolute Gasteiger partial charge is 0.497 e. The highest BCUT2D eigenvalue weighted by atomic mass is 16.5. The lowest BCUT2D eigenvalue weighted by molar-refractivity contribution is 0.0586. The van der Waals surface area contributed by atoms with Gasteiger partial charge in [-0.25, -0.2) is 4.98 Å². The van der Waals surface area contributed by atoms with E-state index in [9.17, 15) is 4.79 Å². The maximum Gasteiger partial charge on any atom is 0.292 e. The first-order valence-electron chi connectivity index (χ1n) is 8.18. The lowest BCUT2D eigenvalue weighted by Crippen LogP contribution is -2.48. The van der Waals surface area contributed by atoms with Crippen LogP contribution in [0.4, 0.5) is 0 Å². The molecule has 0 aliphatic carbocycles. The number of nitrogens with zero attached hydrogens (tertiary/aromatic N) is 4. The van der Waals surface area contributed by atoms with E-state index >= 15 is 0 Å². The number of hydrogen-bond donors (Lipinski definition) is 1. The summed E-state index contributed by atoms with van der Waals surface area (Å²) in [6.45, 7) is 3.63. The van der Waals surface area contributed by atoms with Crippen molar-refractivity contribution in [2.45, 2.75) is 6.54 Å². The molecule has 1 amide bonds. The number of ether oxygens (including phenoxy) is 1. The highest BCUT2D eigenvalue weighted by Gasteiger charge is 2.24. The van der Waals surface area contributed by atoms with Gasteiger partial charge in [-0.15, -0.1) is 0 Å². The molecule has 0 bridgehead atoms. The molecule has 130 valence electrons. The average molecular weight is 341 g/mol. The second-order valence-electron chi connectivity index (χ2n) is 6.01. The first-order valence-corrected chi connectivity index (χ1v) is 8.18. The Morgan fingerprint density at radius 1 is 1.28 bits per heavy atom. The predicted molar refractivity (Wildman–Crippen MR) is 90.3 cm³/mol. The van der Waals surface area contributed by atoms with Crippen molar-refractivity contribution < 1.29 is 14.1 Å². The number of aromatic nitrogens is 3. The molecule has 1 N–H and O–H groups in total. The van der Waals surface area contributed by atoms with Gasteiger partial charge in [0.2, 0.25) is 5.76 Å². The molecule has 1 saturated heterocycles. The van der Waals surface area contributed by atoms with Crippen LogP contribution in [0.1, 0.15) is 16.4 Å². The molecule has 25 heavy (non-hydrogen) atoms. The fraction of sp³-hybridized carbons (Fsp3) is 0.353. The Balaban J connectivity index is 1.37. The van der Waals surface area contributed by atoms with E-state index in [2.05, 4.69) is 20.0 Å². The van der Waals surface area contributed by atoms with Crippen LogP contribution in [0.25, 0.3) is 11.0 Å². The van der Waals surface area contributed by atoms with Crippen LogP contribution < -0.4 is 4.74 Å². The van der Waals surface area contributed by atoms with E-state index in [1.807, 2.05) is 18.2 Å². The van der Waals surface area contributed by atoms with Gasteiger partial charge in [-0.3, -0.25) is 9.69 Å². The predicted octanol–water partition coefficient (Wildman–Crippen LogP) is 1.52. The van der Waals surface area contributed by atoms with Crippen molar-refractivity contribution in [2.75, 3.05) is 33.3 Å². The van der Waals surface area contributed by atoms with Crippen molar-refractivity contribution >= 4 is 16.9 Å². The molecule has 0 radical (unpaired) electrons. The molecule has 1 aliphatic heterocycles. The molecule has 0 atom stereocenters. The van der Waals surface area contributed by atoms with E-state index in [0.29, 0.717) is 18.8 Å². The van der Waals surface area contributed by atoms with Crippen molar-refractivity contribution in [1.82, 2.24) is 24.9 Å². The normalized spacial score (nSPS) is 15.6. The minimum absolute atomic E-state index is 0.104. The summed E-state index contributed by atoms with van der Waals surface area (Å²) in [6, 6.07) is 7.39. The first-order chi connectivity index (χ1) is 12.2. The van der Waals surface area contributed by atoms with Crippen molar-refractivity contribution in [3.8, 4) is 5.75 Å². The van der Waals surface area contributed by atoms with E-state index in [4.69, 9.17) is 9.26 Å². The molecule has 4 rings (SSSR count). The molecule has 0 unspecified atom stereocenters. The molecule has 8 nitrogen and oxygen atoms in total. The second-order valence-corrected chi connectivity index (χ2v) is 6.01. The van der Waals surface area contributed by atoms with Crippen LogP contribution in [0.3, 0.4) is 0 Å². The van der Waals surface area contributed by atoms with Crippen molar-refractivity contribution in [3.05, 3.63) is 42.0 Å². The summed E-state index contributed by atoms with van der Waals surface area (Å²) >= 11 is 0. The van der Waals surface area contributed by atoms with Crippen molar-refractivity contribution in [1.29, 1.82) is 0 Å². The zero-order chi connectivity index (χ0) is 17.2. The molecular weight excluding hydrogens is 322 g/mol. The standard InChI is InChI=1S/C17H19N5O3/c1-24-12-2-3-13-14(10-12)20-16(19-13)11-21-6-8-22(9-7-21)17(23)15-4-5-18-25-15/h2-5,10H,6-9,11H2,1H3,(H,19,20). The minimum Gasteiger partial charge on any atom is -0.497 e. The molecule has 3 heterocycles. The number of imidazole rings is 1. The summed E-state index contributed by atoms with van der Waals surface area (Å²) in [5.41, 5.74) is 1.89. The van der Waals surface area contributed by atoms with Gasteiger partial charge in [0.05, 0.1) is 30.9 Å². The number of nitrogens with one attached hydrogen (secondary N) is 1. The number of benzene rings is 1. The van der Waals surface area contributed by atoms with E-state index in [1.165, 1.54) is 6.20 Å². The summed E-state index contributed by atoms with van der Waals surface area (Å²) in [7, 11) is 1.65. The quantitative estimate of drug-likeness (QED) is 0.774. The maximum absolute atomic E-state index is 12.2. The number of hydrogen-bond acceptors (Lipinski definition) is 6. The second kappa shape index (κ2) is 6.56. The zero-order valence-corrected chi connectivity index (χ0v) is 13.9. The van der Waals surface area contributed by atoms with E-state index in [0.717, 1.165) is 42.2 Å². The Labute approximate surface area is 144 Å². The Hall–Kier alpha value is -2.87. The number of methoxy groups -OCH3 is 1. The third kappa shape index (κ3) is 3.20. The van der Waals surface area contributed by atoms with Gasteiger partial charge in [0, 0.05) is 38.3 Å². The third-order valence-electron chi connectivity index (χ3n) is 4.42. The van der Waals surface area contributed by atoms with Gasteiger partial charge < -0.3 is 19.1 Å². The van der Waals surface area contributed by atoms with Crippen LogP contribution >= 0.6 is 0 Å². The SMILES string of the molecule is COc1ccc2nc(CN3CCN(C(=O)c4ccno4)CC3)[nH]c2c1. The summed E-state index contributed by atoms with van der Waals surface area (Å²) in [5, 5.41) is 3.59. The average Bonchev–Trinajstić information content (AvgIpc) is 3.30. The van der Waals surface area contributed by atoms with Gasteiger partial charge >= 0.3 is 0 Å². The van der Waals surface area contributed by atoms with Crippen LogP contribution in [0.5, 0.6) is 5.75 Å². The fourth-order valence-corrected chi connectivity index (χ4v) is 3.05. The maximum atomic E-state index is 12.2. The van der Waals surface area contributed by atoms with Gasteiger partial charge in [0.25, 0.3) is 5.91 Å². The summed E-state index contributed by atoms with van der Waals surface area (Å²) in [4.78, 5) is 24.3. The Morgan fingerprint density at radius 2 is 2.12 bits per heavy atom. The molecular formula is C17H19N5O3. The number of aromatic amines is 1. The summed E-state index contributed by atoms with van der Waals surface area (Å²) in [5.74, 6) is 1.91. The van der Waals surface area contributed by atoms with Gasteiger partial charge in [0.15, 0.2) is 0 Å². The van der Waals surface area contributed by atoms with E-state index in [-0.39, 0.29) is 5.91 Å². The van der Waals surface area contributed by atoms with Crippen LogP contribution in [0.15, 0.2) is 35.0 Å². The Bertz CT molecular complexity index is 866. The van der Waals surface area contributed by atoms with E-state index < -0.39 is 0 Å². The fourth-order valence-electron chi connectivity index (χ4n) is 3.05. The minimum atomic E-state index is -0.104. The number of carbonyl (C=O) groups is 1. The van der Waals surface area contributed by atoms with Crippen LogP contribution in [-0.4, -0.2) is 64.1 Å². The zero-order valence-electron chi connectivity index (χ0n) is 13.9. The van der Waals surface area contributed by atoms with Crippen LogP contribution in [-0.2, 0) is 6.54 Å². The lowest BCUT2D eigenvalue weighted by Gasteiger charge is -2.33.